The van der Waals surface area contributed by atoms with E-state index < -0.39 is 11.7 Å². The number of Topliss-reactive ketones (excluding diaryl/α,β-unsaturated/α-hetero) is 1. The topological polar surface area (TPSA) is 50.6 Å². The fourth-order valence-corrected chi connectivity index (χ4v) is 2.90. The van der Waals surface area contributed by atoms with Crippen molar-refractivity contribution in [2.24, 2.45) is 0 Å². The van der Waals surface area contributed by atoms with E-state index in [0.29, 0.717) is 17.3 Å². The summed E-state index contributed by atoms with van der Waals surface area (Å²) in [5.74, 6) is -1.11. The molecule has 0 saturated heterocycles. The number of halogens is 1. The molecule has 2 aromatic heterocycles. The second kappa shape index (κ2) is 7.53. The van der Waals surface area contributed by atoms with Crippen LogP contribution in [0, 0.1) is 0 Å². The highest BCUT2D eigenvalue weighted by Crippen LogP contribution is 2.29. The molecule has 128 valence electrons. The average molecular weight is 355 g/mol. The van der Waals surface area contributed by atoms with Crippen molar-refractivity contribution in [3.05, 3.63) is 65.4 Å². The van der Waals surface area contributed by atoms with E-state index in [1.807, 2.05) is 43.3 Å². The van der Waals surface area contributed by atoms with Gasteiger partial charge in [-0.3, -0.25) is 9.59 Å². The van der Waals surface area contributed by atoms with Gasteiger partial charge < -0.3 is 9.72 Å². The number of hydrogen-bond donors (Lipinski definition) is 1. The highest BCUT2D eigenvalue weighted by molar-refractivity contribution is 6.43. The first-order chi connectivity index (χ1) is 12.1. The number of nitrogens with zero attached hydrogens (tertiary/aromatic N) is 1. The first-order valence-corrected chi connectivity index (χ1v) is 8.68. The summed E-state index contributed by atoms with van der Waals surface area (Å²) in [5, 5.41) is 3.32. The summed E-state index contributed by atoms with van der Waals surface area (Å²) >= 11 is 5.97. The maximum atomic E-state index is 12.8. The lowest BCUT2D eigenvalue weighted by Crippen LogP contribution is -2.32. The number of nitrogens with one attached hydrogen (secondary N) is 1. The van der Waals surface area contributed by atoms with Gasteiger partial charge in [0.15, 0.2) is 0 Å². The molecule has 0 bridgehead atoms. The Labute approximate surface area is 151 Å². The molecule has 0 atom stereocenters. The Kier molecular flexibility index (Phi) is 5.19. The fraction of sp³-hybridized carbons (Fsp3) is 0.200. The molecule has 5 heteroatoms. The summed E-state index contributed by atoms with van der Waals surface area (Å²) < 4.78 is 1.76. The number of ketones is 1. The second-order valence-corrected chi connectivity index (χ2v) is 6.28. The molecule has 3 aromatic rings. The van der Waals surface area contributed by atoms with Gasteiger partial charge >= 0.3 is 0 Å². The first-order valence-electron chi connectivity index (χ1n) is 8.30. The molecule has 0 aliphatic carbocycles. The Morgan fingerprint density at radius 3 is 2.60 bits per heavy atom. The lowest BCUT2D eigenvalue weighted by molar-refractivity contribution is -0.117. The molecule has 1 amide bonds. The van der Waals surface area contributed by atoms with Crippen molar-refractivity contribution in [3.8, 4) is 11.1 Å². The Balaban J connectivity index is 2.06. The van der Waals surface area contributed by atoms with Crippen LogP contribution in [0.1, 0.15) is 30.3 Å². The monoisotopic (exact) mass is 354 g/mol. The van der Waals surface area contributed by atoms with Crippen molar-refractivity contribution in [2.45, 2.75) is 19.8 Å². The van der Waals surface area contributed by atoms with Crippen LogP contribution in [0.2, 0.25) is 5.02 Å². The maximum Gasteiger partial charge on any atom is 0.294 e. The summed E-state index contributed by atoms with van der Waals surface area (Å²) in [5.41, 5.74) is 2.79. The zero-order chi connectivity index (χ0) is 17.8. The molecule has 2 heterocycles. The summed E-state index contributed by atoms with van der Waals surface area (Å²) in [6.07, 6.45) is 3.60. The van der Waals surface area contributed by atoms with Gasteiger partial charge in [-0.05, 0) is 42.3 Å². The minimum absolute atomic E-state index is 0.368. The molecule has 1 aromatic carbocycles. The predicted octanol–water partition coefficient (Wildman–Crippen LogP) is 4.36. The van der Waals surface area contributed by atoms with E-state index >= 15 is 0 Å². The number of pyridine rings is 1. The van der Waals surface area contributed by atoms with Crippen molar-refractivity contribution in [2.75, 3.05) is 6.54 Å². The summed E-state index contributed by atoms with van der Waals surface area (Å²) in [7, 11) is 0. The molecule has 0 fully saturated rings. The Bertz CT molecular complexity index is 913. The van der Waals surface area contributed by atoms with Gasteiger partial charge in [0.1, 0.15) is 5.69 Å². The first kappa shape index (κ1) is 17.2. The lowest BCUT2D eigenvalue weighted by atomic mass is 10.0. The number of aromatic nitrogens is 1. The van der Waals surface area contributed by atoms with Crippen LogP contribution in [0.5, 0.6) is 0 Å². The highest BCUT2D eigenvalue weighted by atomic mass is 35.5. The third-order valence-electron chi connectivity index (χ3n) is 4.07. The molecule has 0 unspecified atom stereocenters. The summed E-state index contributed by atoms with van der Waals surface area (Å²) in [6.45, 7) is 2.54. The van der Waals surface area contributed by atoms with Crippen molar-refractivity contribution in [3.63, 3.8) is 0 Å². The number of amides is 1. The number of carbonyl (C=O) groups excluding carboxylic acids is 2. The number of rotatable bonds is 6. The van der Waals surface area contributed by atoms with E-state index in [2.05, 4.69) is 5.32 Å². The number of carbonyl (C=O) groups is 2. The van der Waals surface area contributed by atoms with Crippen LogP contribution in [0.15, 0.2) is 54.7 Å². The number of hydrogen-bond acceptors (Lipinski definition) is 2. The van der Waals surface area contributed by atoms with Gasteiger partial charge in [0.25, 0.3) is 11.7 Å². The Morgan fingerprint density at radius 2 is 1.88 bits per heavy atom. The van der Waals surface area contributed by atoms with Gasteiger partial charge in [0.05, 0.1) is 0 Å². The fourth-order valence-electron chi connectivity index (χ4n) is 2.77. The SMILES string of the molecule is CCCCNC(=O)C(=O)c1c(-c2ccc(Cl)cc2)cc2ccccn12. The van der Waals surface area contributed by atoms with Crippen molar-refractivity contribution < 1.29 is 9.59 Å². The van der Waals surface area contributed by atoms with Crippen LogP contribution in [0.3, 0.4) is 0 Å². The number of fused-ring (bicyclic) bond motifs is 1. The summed E-state index contributed by atoms with van der Waals surface area (Å²) in [4.78, 5) is 25.1. The van der Waals surface area contributed by atoms with E-state index in [4.69, 9.17) is 11.6 Å². The van der Waals surface area contributed by atoms with Crippen molar-refractivity contribution >= 4 is 28.8 Å². The van der Waals surface area contributed by atoms with E-state index in [1.54, 1.807) is 22.7 Å². The normalized spacial score (nSPS) is 10.8. The van der Waals surface area contributed by atoms with Crippen LogP contribution >= 0.6 is 11.6 Å². The molecule has 4 nitrogen and oxygen atoms in total. The van der Waals surface area contributed by atoms with E-state index in [0.717, 1.165) is 29.5 Å². The summed E-state index contributed by atoms with van der Waals surface area (Å²) in [6, 6.07) is 14.8. The molecule has 3 rings (SSSR count). The van der Waals surface area contributed by atoms with Crippen LogP contribution < -0.4 is 5.32 Å². The van der Waals surface area contributed by atoms with Crippen LogP contribution in [0.25, 0.3) is 16.6 Å². The standard InChI is InChI=1S/C20H19ClN2O2/c1-2-3-11-22-20(25)19(24)18-17(14-7-9-15(21)10-8-14)13-16-6-4-5-12-23(16)18/h4-10,12-13H,2-3,11H2,1H3,(H,22,25). The Hall–Kier alpha value is -2.59. The zero-order valence-corrected chi connectivity index (χ0v) is 14.7. The largest absolute Gasteiger partial charge is 0.349 e. The van der Waals surface area contributed by atoms with Crippen molar-refractivity contribution in [1.29, 1.82) is 0 Å². The Morgan fingerprint density at radius 1 is 1.12 bits per heavy atom. The van der Waals surface area contributed by atoms with E-state index in [-0.39, 0.29) is 0 Å². The highest BCUT2D eigenvalue weighted by Gasteiger charge is 2.24. The van der Waals surface area contributed by atoms with E-state index in [9.17, 15) is 9.59 Å². The maximum absolute atomic E-state index is 12.8. The predicted molar refractivity (Wildman–Crippen MR) is 100 cm³/mol. The molecular formula is C20H19ClN2O2. The lowest BCUT2D eigenvalue weighted by Gasteiger charge is -2.07. The molecular weight excluding hydrogens is 336 g/mol. The molecule has 25 heavy (non-hydrogen) atoms. The zero-order valence-electron chi connectivity index (χ0n) is 14.0. The third-order valence-corrected chi connectivity index (χ3v) is 4.32. The molecule has 0 aliphatic rings. The average Bonchev–Trinajstić information content (AvgIpc) is 3.01. The van der Waals surface area contributed by atoms with Crippen molar-refractivity contribution in [1.82, 2.24) is 9.72 Å². The molecule has 0 radical (unpaired) electrons. The molecule has 0 saturated carbocycles. The minimum atomic E-state index is -0.576. The van der Waals surface area contributed by atoms with Crippen LogP contribution in [0.4, 0.5) is 0 Å². The van der Waals surface area contributed by atoms with Crippen LogP contribution in [-0.4, -0.2) is 22.6 Å². The van der Waals surface area contributed by atoms with Crippen LogP contribution in [-0.2, 0) is 4.79 Å². The van der Waals surface area contributed by atoms with Gasteiger partial charge in [-0.25, -0.2) is 0 Å². The van der Waals surface area contributed by atoms with Gasteiger partial charge in [-0.15, -0.1) is 0 Å². The molecule has 0 spiro atoms. The third kappa shape index (κ3) is 3.59. The van der Waals surface area contributed by atoms with Gasteiger partial charge in [-0.2, -0.15) is 0 Å². The van der Waals surface area contributed by atoms with E-state index in [1.165, 1.54) is 0 Å². The molecule has 1 N–H and O–H groups in total. The quantitative estimate of drug-likeness (QED) is 0.406. The van der Waals surface area contributed by atoms with Gasteiger partial charge in [0, 0.05) is 28.8 Å². The number of unbranched alkanes of at least 4 members (excludes halogenated alkanes) is 1. The molecule has 0 aliphatic heterocycles. The smallest absolute Gasteiger partial charge is 0.294 e. The number of benzene rings is 1. The minimum Gasteiger partial charge on any atom is -0.349 e. The van der Waals surface area contributed by atoms with Gasteiger partial charge in [0.2, 0.25) is 0 Å². The van der Waals surface area contributed by atoms with Gasteiger partial charge in [-0.1, -0.05) is 43.1 Å². The second-order valence-electron chi connectivity index (χ2n) is 5.85.